The van der Waals surface area contributed by atoms with E-state index < -0.39 is 0 Å². The predicted octanol–water partition coefficient (Wildman–Crippen LogP) is 2.65. The Morgan fingerprint density at radius 1 is 1.25 bits per heavy atom. The van der Waals surface area contributed by atoms with E-state index in [0.717, 1.165) is 40.0 Å². The first-order chi connectivity index (χ1) is 11.5. The fourth-order valence-corrected chi connectivity index (χ4v) is 3.22. The Morgan fingerprint density at radius 3 is 2.83 bits per heavy atom. The number of amides is 1. The number of nitrogens with zero attached hydrogens (tertiary/aromatic N) is 3. The molecular weight excluding hydrogens is 322 g/mol. The van der Waals surface area contributed by atoms with E-state index in [1.54, 1.807) is 0 Å². The first-order valence-corrected chi connectivity index (χ1v) is 8.58. The molecule has 2 heterocycles. The van der Waals surface area contributed by atoms with E-state index in [0.29, 0.717) is 17.2 Å². The van der Waals surface area contributed by atoms with Crippen molar-refractivity contribution in [3.05, 3.63) is 46.1 Å². The fraction of sp³-hybridized carbons (Fsp3) is 0.294. The molecule has 3 aromatic rings. The van der Waals surface area contributed by atoms with Crippen LogP contribution in [0.2, 0.25) is 0 Å². The summed E-state index contributed by atoms with van der Waals surface area (Å²) >= 11 is 1.38. The Hall–Kier alpha value is -2.54. The van der Waals surface area contributed by atoms with Crippen LogP contribution in [-0.2, 0) is 6.42 Å². The minimum atomic E-state index is -0.0760. The van der Waals surface area contributed by atoms with E-state index in [1.165, 1.54) is 11.3 Å². The van der Waals surface area contributed by atoms with Crippen LogP contribution in [0.4, 0.5) is 5.13 Å². The summed E-state index contributed by atoms with van der Waals surface area (Å²) in [4.78, 5) is 17.0. The van der Waals surface area contributed by atoms with Crippen molar-refractivity contribution in [2.24, 2.45) is 0 Å². The van der Waals surface area contributed by atoms with Crippen LogP contribution in [0.1, 0.15) is 33.0 Å². The van der Waals surface area contributed by atoms with E-state index in [-0.39, 0.29) is 5.91 Å². The van der Waals surface area contributed by atoms with Crippen molar-refractivity contribution in [2.45, 2.75) is 26.7 Å². The van der Waals surface area contributed by atoms with Gasteiger partial charge in [0.2, 0.25) is 5.13 Å². The van der Waals surface area contributed by atoms with Gasteiger partial charge in [0.25, 0.3) is 5.91 Å². The maximum absolute atomic E-state index is 12.6. The number of hydrogen-bond acceptors (Lipinski definition) is 6. The molecule has 0 aliphatic rings. The van der Waals surface area contributed by atoms with Gasteiger partial charge in [0.05, 0.1) is 11.1 Å². The van der Waals surface area contributed by atoms with Crippen LogP contribution in [0.3, 0.4) is 0 Å². The van der Waals surface area contributed by atoms with Crippen LogP contribution < -0.4 is 11.1 Å². The maximum Gasteiger partial charge on any atom is 0.252 e. The van der Waals surface area contributed by atoms with Crippen molar-refractivity contribution in [2.75, 3.05) is 12.3 Å². The SMILES string of the molecule is Cc1ccc2nc(C)cc(C(=O)NCCCc3nnc(N)s3)c2c1. The predicted molar refractivity (Wildman–Crippen MR) is 96.2 cm³/mol. The smallest absolute Gasteiger partial charge is 0.252 e. The number of carbonyl (C=O) groups is 1. The van der Waals surface area contributed by atoms with E-state index >= 15 is 0 Å². The van der Waals surface area contributed by atoms with Gasteiger partial charge in [0, 0.05) is 24.0 Å². The molecule has 7 heteroatoms. The van der Waals surface area contributed by atoms with Gasteiger partial charge in [-0.3, -0.25) is 9.78 Å². The quantitative estimate of drug-likeness (QED) is 0.696. The van der Waals surface area contributed by atoms with Crippen LogP contribution in [0.5, 0.6) is 0 Å². The van der Waals surface area contributed by atoms with E-state index in [4.69, 9.17) is 5.73 Å². The topological polar surface area (TPSA) is 93.8 Å². The molecule has 3 rings (SSSR count). The van der Waals surface area contributed by atoms with Crippen molar-refractivity contribution < 1.29 is 4.79 Å². The number of carbonyl (C=O) groups excluding carboxylic acids is 1. The highest BCUT2D eigenvalue weighted by molar-refractivity contribution is 7.15. The maximum atomic E-state index is 12.6. The molecule has 0 unspecified atom stereocenters. The van der Waals surface area contributed by atoms with Crippen molar-refractivity contribution in [1.29, 1.82) is 0 Å². The molecule has 0 bridgehead atoms. The molecule has 0 atom stereocenters. The molecule has 0 saturated carbocycles. The summed E-state index contributed by atoms with van der Waals surface area (Å²) in [7, 11) is 0. The summed E-state index contributed by atoms with van der Waals surface area (Å²) in [6.45, 7) is 4.48. The normalized spacial score (nSPS) is 10.9. The van der Waals surface area contributed by atoms with Crippen LogP contribution in [0.15, 0.2) is 24.3 Å². The number of nitrogens with two attached hydrogens (primary N) is 1. The van der Waals surface area contributed by atoms with Gasteiger partial charge in [-0.2, -0.15) is 0 Å². The number of hydrogen-bond donors (Lipinski definition) is 2. The molecule has 24 heavy (non-hydrogen) atoms. The van der Waals surface area contributed by atoms with Crippen molar-refractivity contribution >= 4 is 33.3 Å². The van der Waals surface area contributed by atoms with Crippen LogP contribution in [-0.4, -0.2) is 27.6 Å². The lowest BCUT2D eigenvalue weighted by Gasteiger charge is -2.09. The minimum absolute atomic E-state index is 0.0760. The second-order valence-electron chi connectivity index (χ2n) is 5.73. The monoisotopic (exact) mass is 341 g/mol. The van der Waals surface area contributed by atoms with Crippen LogP contribution in [0, 0.1) is 13.8 Å². The Bertz CT molecular complexity index is 890. The molecule has 3 N–H and O–H groups in total. The second-order valence-corrected chi connectivity index (χ2v) is 6.82. The zero-order valence-electron chi connectivity index (χ0n) is 13.7. The van der Waals surface area contributed by atoms with Crippen LogP contribution in [0.25, 0.3) is 10.9 Å². The van der Waals surface area contributed by atoms with E-state index in [1.807, 2.05) is 38.1 Å². The van der Waals surface area contributed by atoms with E-state index in [2.05, 4.69) is 20.5 Å². The highest BCUT2D eigenvalue weighted by Crippen LogP contribution is 2.20. The molecule has 0 aliphatic heterocycles. The summed E-state index contributed by atoms with van der Waals surface area (Å²) in [6.07, 6.45) is 1.55. The summed E-state index contributed by atoms with van der Waals surface area (Å²) in [5.74, 6) is -0.0760. The fourth-order valence-electron chi connectivity index (χ4n) is 2.56. The first kappa shape index (κ1) is 16.3. The molecule has 0 radical (unpaired) electrons. The lowest BCUT2D eigenvalue weighted by Crippen LogP contribution is -2.25. The standard InChI is InChI=1S/C17H19N5OS/c1-10-5-6-14-12(8-10)13(9-11(2)20-14)16(23)19-7-3-4-15-21-22-17(18)24-15/h5-6,8-9H,3-4,7H2,1-2H3,(H2,18,22)(H,19,23). The average molecular weight is 341 g/mol. The first-order valence-electron chi connectivity index (χ1n) is 7.77. The average Bonchev–Trinajstić information content (AvgIpc) is 2.96. The number of nitrogens with one attached hydrogen (secondary N) is 1. The third kappa shape index (κ3) is 3.68. The minimum Gasteiger partial charge on any atom is -0.374 e. The number of pyridine rings is 1. The lowest BCUT2D eigenvalue weighted by molar-refractivity contribution is 0.0954. The number of nitrogen functional groups attached to an aromatic ring is 1. The molecule has 2 aromatic heterocycles. The third-order valence-electron chi connectivity index (χ3n) is 3.67. The number of aryl methyl sites for hydroxylation is 3. The summed E-state index contributed by atoms with van der Waals surface area (Å²) in [5, 5.41) is 13.0. The summed E-state index contributed by atoms with van der Waals surface area (Å²) in [5.41, 5.74) is 9.01. The molecule has 6 nitrogen and oxygen atoms in total. The zero-order valence-corrected chi connectivity index (χ0v) is 14.5. The van der Waals surface area contributed by atoms with Gasteiger partial charge in [-0.15, -0.1) is 10.2 Å². The number of anilines is 1. The van der Waals surface area contributed by atoms with Crippen molar-refractivity contribution in [3.63, 3.8) is 0 Å². The number of aromatic nitrogens is 3. The van der Waals surface area contributed by atoms with Crippen molar-refractivity contribution in [3.8, 4) is 0 Å². The Kier molecular flexibility index (Phi) is 4.71. The summed E-state index contributed by atoms with van der Waals surface area (Å²) in [6, 6.07) is 7.79. The van der Waals surface area contributed by atoms with Crippen LogP contribution >= 0.6 is 11.3 Å². The molecule has 0 spiro atoms. The van der Waals surface area contributed by atoms with Gasteiger partial charge in [0.15, 0.2) is 0 Å². The van der Waals surface area contributed by atoms with Gasteiger partial charge in [-0.1, -0.05) is 23.0 Å². The Morgan fingerprint density at radius 2 is 2.08 bits per heavy atom. The highest BCUT2D eigenvalue weighted by Gasteiger charge is 2.12. The zero-order chi connectivity index (χ0) is 17.1. The van der Waals surface area contributed by atoms with Gasteiger partial charge in [0.1, 0.15) is 5.01 Å². The molecule has 1 amide bonds. The van der Waals surface area contributed by atoms with Gasteiger partial charge < -0.3 is 11.1 Å². The lowest BCUT2D eigenvalue weighted by atomic mass is 10.0. The number of fused-ring (bicyclic) bond motifs is 1. The summed E-state index contributed by atoms with van der Waals surface area (Å²) < 4.78 is 0. The largest absolute Gasteiger partial charge is 0.374 e. The highest BCUT2D eigenvalue weighted by atomic mass is 32.1. The van der Waals surface area contributed by atoms with Gasteiger partial charge >= 0.3 is 0 Å². The molecule has 0 fully saturated rings. The number of benzene rings is 1. The Balaban J connectivity index is 1.68. The van der Waals surface area contributed by atoms with E-state index in [9.17, 15) is 4.79 Å². The third-order valence-corrected chi connectivity index (χ3v) is 4.48. The van der Waals surface area contributed by atoms with Gasteiger partial charge in [-0.05, 0) is 38.5 Å². The van der Waals surface area contributed by atoms with Gasteiger partial charge in [-0.25, -0.2) is 0 Å². The molecule has 0 aliphatic carbocycles. The van der Waals surface area contributed by atoms with Crippen molar-refractivity contribution in [1.82, 2.24) is 20.5 Å². The molecule has 1 aromatic carbocycles. The second kappa shape index (κ2) is 6.92. The molecular formula is C17H19N5OS. The Labute approximate surface area is 144 Å². The molecule has 124 valence electrons. The molecule has 0 saturated heterocycles. The number of rotatable bonds is 5.